The molecule has 17 nitrogen and oxygen atoms in total. The maximum atomic E-state index is 11.9. The third kappa shape index (κ3) is 60.2. The van der Waals surface area contributed by atoms with Gasteiger partial charge in [0.25, 0.3) is 0 Å². The first-order valence-electron chi connectivity index (χ1n) is 32.6. The van der Waals surface area contributed by atoms with Crippen molar-refractivity contribution in [3.63, 3.8) is 0 Å². The van der Waals surface area contributed by atoms with Crippen molar-refractivity contribution in [1.29, 1.82) is 0 Å². The Bertz CT molecular complexity index is 1940. The fourth-order valence-corrected chi connectivity index (χ4v) is 16.0. The van der Waals surface area contributed by atoms with Crippen molar-refractivity contribution in [3.05, 3.63) is 41.1 Å². The molecule has 1 aromatic rings. The summed E-state index contributed by atoms with van der Waals surface area (Å²) >= 11 is -3.93. The number of nitrogens with one attached hydrogen (secondary N) is 1. The summed E-state index contributed by atoms with van der Waals surface area (Å²) in [5, 5.41) is 0. The molecule has 0 aromatic heterocycles. The molecule has 0 radical (unpaired) electrons. The quantitative estimate of drug-likeness (QED) is 0.0113. The molecular weight excluding hydrogens is 1250 g/mol. The van der Waals surface area contributed by atoms with Crippen LogP contribution in [0.3, 0.4) is 0 Å². The van der Waals surface area contributed by atoms with E-state index in [-0.39, 0.29) is 104 Å². The van der Waals surface area contributed by atoms with Crippen LogP contribution in [-0.4, -0.2) is 146 Å². The van der Waals surface area contributed by atoms with E-state index in [9.17, 15) is 37.1 Å². The monoisotopic (exact) mass is 1370 g/mol. The Hall–Kier alpha value is -1.50. The number of carbonyl (C=O) groups is 5. The van der Waals surface area contributed by atoms with Crippen LogP contribution in [0.2, 0.25) is 38.3 Å². The van der Waals surface area contributed by atoms with E-state index < -0.39 is 33.2 Å². The van der Waals surface area contributed by atoms with Crippen LogP contribution in [-0.2, 0) is 72.3 Å². The SMILES string of the molecule is CCC(C)C(=O)OCCCOCC1CO1.CCC(C)c1ccc(C(C)=O)cc1.CCCCC(CC)COC(=O)C(C)CC.CCCC[Si](C)(C)O[Si](C)(C)CCCOC(=O)C(C)(C)CC.CCOCCOCCOC(=O)C(C)CC.C[NH-].O=S([O-])C(F)(F)F.[K+]. The van der Waals surface area contributed by atoms with E-state index in [1.54, 1.807) is 6.92 Å². The smallest absolute Gasteiger partial charge is 0.766 e. The van der Waals surface area contributed by atoms with Gasteiger partial charge in [-0.25, -0.2) is 0 Å². The number of esters is 4. The Labute approximate surface area is 591 Å². The first-order chi connectivity index (χ1) is 41.7. The average molecular weight is 1370 g/mol. The fourth-order valence-electron chi connectivity index (χ4n) is 7.04. The number of ether oxygens (including phenoxy) is 8. The van der Waals surface area contributed by atoms with E-state index >= 15 is 0 Å². The summed E-state index contributed by atoms with van der Waals surface area (Å²) in [5.74, 6) is 0.942. The average Bonchev–Trinajstić information content (AvgIpc) is 4.55. The van der Waals surface area contributed by atoms with Crippen LogP contribution in [0.15, 0.2) is 24.3 Å². The number of unbranched alkanes of at least 4 members (excludes halogenated alkanes) is 2. The molecule has 1 N–H and O–H groups in total. The van der Waals surface area contributed by atoms with Crippen molar-refractivity contribution in [2.45, 2.75) is 250 Å². The summed E-state index contributed by atoms with van der Waals surface area (Å²) in [6, 6.07) is 10.2. The molecule has 2 rings (SSSR count). The molecule has 0 spiro atoms. The van der Waals surface area contributed by atoms with Gasteiger partial charge in [-0.1, -0.05) is 139 Å². The number of carbonyl (C=O) groups excluding carboxylic acids is 5. The van der Waals surface area contributed by atoms with Gasteiger partial charge >= 0.3 is 80.8 Å². The van der Waals surface area contributed by atoms with Gasteiger partial charge in [0.1, 0.15) is 12.7 Å². The number of ketones is 1. The zero-order valence-corrected chi connectivity index (χ0v) is 66.2. The molecule has 0 aliphatic carbocycles. The Morgan fingerprint density at radius 2 is 1.08 bits per heavy atom. The minimum atomic E-state index is -5.08. The van der Waals surface area contributed by atoms with Crippen molar-refractivity contribution in [2.24, 2.45) is 29.1 Å². The van der Waals surface area contributed by atoms with E-state index in [2.05, 4.69) is 60.8 Å². The Morgan fingerprint density at radius 3 is 1.49 bits per heavy atom. The molecule has 1 fully saturated rings. The number of alkyl halides is 3. The number of hydrogen-bond donors (Lipinski definition) is 0. The van der Waals surface area contributed by atoms with E-state index in [0.717, 1.165) is 69.6 Å². The van der Waals surface area contributed by atoms with Gasteiger partial charge in [0.05, 0.1) is 87.1 Å². The van der Waals surface area contributed by atoms with Crippen LogP contribution in [0, 0.1) is 29.1 Å². The summed E-state index contributed by atoms with van der Waals surface area (Å²) in [6.45, 7) is 47.6. The zero-order valence-electron chi connectivity index (χ0n) is 60.2. The van der Waals surface area contributed by atoms with Crippen LogP contribution in [0.1, 0.15) is 216 Å². The minimum Gasteiger partial charge on any atom is -0.766 e. The van der Waals surface area contributed by atoms with Crippen LogP contribution in [0.25, 0.3) is 5.73 Å². The summed E-state index contributed by atoms with van der Waals surface area (Å²) in [5.41, 5.74) is 2.41. The van der Waals surface area contributed by atoms with Crippen LogP contribution in [0.5, 0.6) is 0 Å². The van der Waals surface area contributed by atoms with E-state index in [4.69, 9.17) is 56.5 Å². The van der Waals surface area contributed by atoms with Gasteiger partial charge in [-0.15, -0.1) is 0 Å². The van der Waals surface area contributed by atoms with E-state index in [1.807, 2.05) is 93.5 Å². The van der Waals surface area contributed by atoms with Crippen LogP contribution >= 0.6 is 0 Å². The molecule has 528 valence electrons. The van der Waals surface area contributed by atoms with Crippen LogP contribution in [0.4, 0.5) is 13.2 Å². The predicted molar refractivity (Wildman–Crippen MR) is 358 cm³/mol. The standard InChI is InChI=1S/C17H38O3Si2.C13H26O2.C12H16O.C11H20O4.C11H22O4.CHF3O2S.CH4N.K/c1-9-11-14-21(5,6)20-22(7,8)15-12-13-19-16(18)17(3,4)10-2;1-5-8-9-12(7-3)10-15-13(14)11(4)6-2;1-4-9(2)11-5-7-12(8-6-11)10(3)13;1-3-9(2)11(12)14-6-4-5-13-7-10-8-15-10;1-4-10(3)11(12)15-9-8-14-7-6-13-5-2;2-1(3,4)7(5)6;1-2;/h9-15H2,1-8H3;11-12H,5-10H2,1-4H3;5-9H,4H2,1-3H3;9-10H,3-8H2,1-2H3;10H,4-9H2,1-3H3;(H,5,6);2H,1H3;/q;;;;;;-1;+1/p-1. The molecule has 90 heavy (non-hydrogen) atoms. The Balaban J connectivity index is -0.000000238. The second-order valence-corrected chi connectivity index (χ2v) is 33.7. The maximum absolute atomic E-state index is 11.9. The van der Waals surface area contributed by atoms with Gasteiger partial charge < -0.3 is 52.3 Å². The summed E-state index contributed by atoms with van der Waals surface area (Å²) in [4.78, 5) is 56.8. The zero-order chi connectivity index (χ0) is 69.7. The van der Waals surface area contributed by atoms with Gasteiger partial charge in [0, 0.05) is 25.2 Å². The van der Waals surface area contributed by atoms with Crippen LogP contribution < -0.4 is 51.4 Å². The second kappa shape index (κ2) is 61.1. The summed E-state index contributed by atoms with van der Waals surface area (Å²) in [7, 11) is -1.92. The molecule has 0 bridgehead atoms. The fraction of sp³-hybridized carbons (Fsp3) is 0.833. The van der Waals surface area contributed by atoms with Gasteiger partial charge in [-0.2, -0.15) is 20.2 Å². The van der Waals surface area contributed by atoms with Crippen molar-refractivity contribution in [2.75, 3.05) is 79.7 Å². The van der Waals surface area contributed by atoms with Crippen molar-refractivity contribution in [1.82, 2.24) is 0 Å². The van der Waals surface area contributed by atoms with Gasteiger partial charge in [-0.05, 0) is 128 Å². The number of rotatable bonds is 39. The maximum Gasteiger partial charge on any atom is 1.00 e. The second-order valence-electron chi connectivity index (χ2n) is 23.9. The van der Waals surface area contributed by atoms with E-state index in [0.29, 0.717) is 84.0 Å². The molecule has 0 amide bonds. The number of Topliss-reactive ketones (excluding diaryl/α,β-unsaturated/α-hetero) is 1. The summed E-state index contributed by atoms with van der Waals surface area (Å²) < 4.78 is 97.4. The molecule has 7 atom stereocenters. The molecule has 24 heteroatoms. The van der Waals surface area contributed by atoms with Gasteiger partial charge in [0.15, 0.2) is 22.4 Å². The molecule has 1 saturated heterocycles. The largest absolute Gasteiger partial charge is 1.00 e. The number of hydrogen-bond acceptors (Lipinski definition) is 16. The Kier molecular flexibility index (Phi) is 67.6. The summed E-state index contributed by atoms with van der Waals surface area (Å²) in [6.07, 6.45) is 13.7. The van der Waals surface area contributed by atoms with E-state index in [1.165, 1.54) is 50.8 Å². The van der Waals surface area contributed by atoms with Crippen molar-refractivity contribution >= 4 is 57.4 Å². The molecule has 1 aliphatic rings. The third-order valence-electron chi connectivity index (χ3n) is 14.4. The third-order valence-corrected chi connectivity index (χ3v) is 22.4. The normalized spacial score (nSPS) is 14.4. The topological polar surface area (TPSA) is 236 Å². The first kappa shape index (κ1) is 99.6. The van der Waals surface area contributed by atoms with Crippen molar-refractivity contribution in [3.8, 4) is 0 Å². The molecule has 1 aromatic carbocycles. The number of halogens is 3. The first-order valence-corrected chi connectivity index (χ1v) is 40.0. The Morgan fingerprint density at radius 1 is 0.633 bits per heavy atom. The number of benzene rings is 1. The van der Waals surface area contributed by atoms with Gasteiger partial charge in [0.2, 0.25) is 0 Å². The molecular formula is C66H126F3KNO16SSi2-. The van der Waals surface area contributed by atoms with Gasteiger partial charge in [-0.3, -0.25) is 28.2 Å². The molecule has 7 unspecified atom stereocenters. The van der Waals surface area contributed by atoms with Crippen molar-refractivity contribution < 1.29 is 139 Å². The number of epoxide rings is 1. The predicted octanol–water partition coefficient (Wildman–Crippen LogP) is 13.8. The molecule has 0 saturated carbocycles. The molecule has 1 aliphatic heterocycles. The minimum absolute atomic E-state index is 0. The molecule has 1 heterocycles.